The number of rotatable bonds is 4. The Morgan fingerprint density at radius 3 is 2.50 bits per heavy atom. The highest BCUT2D eigenvalue weighted by molar-refractivity contribution is 9.10. The highest BCUT2D eigenvalue weighted by Crippen LogP contribution is 2.57. The van der Waals surface area contributed by atoms with E-state index < -0.39 is 5.54 Å². The molecule has 2 rings (SSSR count). The average Bonchev–Trinajstić information content (AvgIpc) is 3.12. The summed E-state index contributed by atoms with van der Waals surface area (Å²) in [4.78, 5) is 14.6. The molecule has 0 saturated heterocycles. The van der Waals surface area contributed by atoms with Crippen molar-refractivity contribution in [3.63, 3.8) is 0 Å². The van der Waals surface area contributed by atoms with E-state index in [0.29, 0.717) is 11.5 Å². The third kappa shape index (κ3) is 1.93. The molecule has 0 bridgehead atoms. The Morgan fingerprint density at radius 2 is 2.06 bits per heavy atom. The Balaban J connectivity index is 2.71. The van der Waals surface area contributed by atoms with Crippen molar-refractivity contribution in [2.75, 3.05) is 14.2 Å². The molecule has 18 heavy (non-hydrogen) atoms. The molecule has 0 heterocycles. The number of aliphatic imine (C=N–C) groups is 1. The third-order valence-electron chi connectivity index (χ3n) is 3.24. The van der Waals surface area contributed by atoms with Crippen LogP contribution in [-0.4, -0.2) is 20.3 Å². The summed E-state index contributed by atoms with van der Waals surface area (Å²) in [7, 11) is 3.18. The van der Waals surface area contributed by atoms with Gasteiger partial charge in [-0.2, -0.15) is 4.99 Å². The van der Waals surface area contributed by atoms with E-state index in [-0.39, 0.29) is 0 Å². The lowest BCUT2D eigenvalue weighted by Crippen LogP contribution is -2.08. The number of hydrogen-bond acceptors (Lipinski definition) is 4. The number of isocyanates is 1. The van der Waals surface area contributed by atoms with Gasteiger partial charge in [-0.3, -0.25) is 0 Å². The number of aryl methyl sites for hydroxylation is 1. The van der Waals surface area contributed by atoms with Gasteiger partial charge in [-0.25, -0.2) is 4.79 Å². The van der Waals surface area contributed by atoms with Crippen molar-refractivity contribution in [3.05, 3.63) is 21.7 Å². The first-order chi connectivity index (χ1) is 8.59. The first kappa shape index (κ1) is 13.1. The molecule has 0 aliphatic heterocycles. The normalized spacial score (nSPS) is 15.8. The molecule has 1 saturated carbocycles. The minimum absolute atomic E-state index is 0.495. The fourth-order valence-corrected chi connectivity index (χ4v) is 2.80. The molecule has 1 aliphatic rings. The van der Waals surface area contributed by atoms with Gasteiger partial charge >= 0.3 is 0 Å². The minimum atomic E-state index is -0.495. The van der Waals surface area contributed by atoms with Crippen LogP contribution in [0.25, 0.3) is 0 Å². The molecule has 1 fully saturated rings. The lowest BCUT2D eigenvalue weighted by Gasteiger charge is -2.19. The second-order valence-electron chi connectivity index (χ2n) is 4.35. The van der Waals surface area contributed by atoms with Crippen molar-refractivity contribution in [2.45, 2.75) is 25.3 Å². The van der Waals surface area contributed by atoms with E-state index in [1.54, 1.807) is 20.3 Å². The monoisotopic (exact) mass is 311 g/mol. The molecule has 1 aromatic rings. The van der Waals surface area contributed by atoms with Crippen LogP contribution in [-0.2, 0) is 10.3 Å². The van der Waals surface area contributed by atoms with E-state index in [2.05, 4.69) is 20.9 Å². The van der Waals surface area contributed by atoms with E-state index in [1.807, 2.05) is 13.0 Å². The number of halogens is 1. The lowest BCUT2D eigenvalue weighted by molar-refractivity contribution is 0.348. The Morgan fingerprint density at radius 1 is 1.39 bits per heavy atom. The van der Waals surface area contributed by atoms with Crippen LogP contribution in [0.1, 0.15) is 24.0 Å². The molecule has 0 spiro atoms. The van der Waals surface area contributed by atoms with Crippen molar-refractivity contribution < 1.29 is 14.3 Å². The maximum atomic E-state index is 10.6. The van der Waals surface area contributed by atoms with Gasteiger partial charge in [0.1, 0.15) is 5.54 Å². The van der Waals surface area contributed by atoms with E-state index in [0.717, 1.165) is 28.4 Å². The van der Waals surface area contributed by atoms with E-state index >= 15 is 0 Å². The lowest BCUT2D eigenvalue weighted by atomic mass is 10.0. The van der Waals surface area contributed by atoms with Crippen LogP contribution < -0.4 is 9.47 Å². The fourth-order valence-electron chi connectivity index (χ4n) is 2.14. The zero-order chi connectivity index (χ0) is 13.3. The van der Waals surface area contributed by atoms with Gasteiger partial charge in [-0.05, 0) is 31.4 Å². The van der Waals surface area contributed by atoms with Crippen molar-refractivity contribution >= 4 is 22.0 Å². The van der Waals surface area contributed by atoms with Gasteiger partial charge in [-0.15, -0.1) is 0 Å². The largest absolute Gasteiger partial charge is 0.493 e. The van der Waals surface area contributed by atoms with Gasteiger partial charge < -0.3 is 9.47 Å². The van der Waals surface area contributed by atoms with Gasteiger partial charge in [0.2, 0.25) is 6.08 Å². The van der Waals surface area contributed by atoms with Gasteiger partial charge in [0.15, 0.2) is 11.5 Å². The van der Waals surface area contributed by atoms with E-state index in [9.17, 15) is 4.79 Å². The molecule has 1 aromatic carbocycles. The number of methoxy groups -OCH3 is 2. The first-order valence-corrected chi connectivity index (χ1v) is 6.39. The molecule has 0 N–H and O–H groups in total. The SMILES string of the molecule is COc1cc(C)c(Br)c(C2(N=C=O)CC2)c1OC. The Hall–Kier alpha value is -1.32. The number of carbonyl (C=O) groups excluding carboxylic acids is 1. The minimum Gasteiger partial charge on any atom is -0.493 e. The zero-order valence-corrected chi connectivity index (χ0v) is 12.1. The van der Waals surface area contributed by atoms with Crippen molar-refractivity contribution in [2.24, 2.45) is 4.99 Å². The van der Waals surface area contributed by atoms with Crippen LogP contribution in [0.5, 0.6) is 11.5 Å². The predicted octanol–water partition coefficient (Wildman–Crippen LogP) is 3.10. The number of benzene rings is 1. The summed E-state index contributed by atoms with van der Waals surface area (Å²) in [6, 6.07) is 1.90. The van der Waals surface area contributed by atoms with Crippen molar-refractivity contribution in [1.82, 2.24) is 0 Å². The second-order valence-corrected chi connectivity index (χ2v) is 5.15. The third-order valence-corrected chi connectivity index (χ3v) is 4.26. The molecule has 5 heteroatoms. The van der Waals surface area contributed by atoms with Crippen LogP contribution in [0.4, 0.5) is 0 Å². The van der Waals surface area contributed by atoms with E-state index in [1.165, 1.54) is 0 Å². The summed E-state index contributed by atoms with van der Waals surface area (Å²) in [5.74, 6) is 1.28. The summed E-state index contributed by atoms with van der Waals surface area (Å²) in [5.41, 5.74) is 1.41. The van der Waals surface area contributed by atoms with Crippen molar-refractivity contribution in [3.8, 4) is 11.5 Å². The molecular weight excluding hydrogens is 298 g/mol. The van der Waals surface area contributed by atoms with Crippen LogP contribution in [0, 0.1) is 6.92 Å². The Kier molecular flexibility index (Phi) is 3.46. The second kappa shape index (κ2) is 4.75. The van der Waals surface area contributed by atoms with Crippen LogP contribution >= 0.6 is 15.9 Å². The molecule has 0 atom stereocenters. The predicted molar refractivity (Wildman–Crippen MR) is 71.0 cm³/mol. The maximum Gasteiger partial charge on any atom is 0.235 e. The molecule has 1 aliphatic carbocycles. The number of nitrogens with zero attached hydrogens (tertiary/aromatic N) is 1. The molecule has 0 amide bonds. The fraction of sp³-hybridized carbons (Fsp3) is 0.462. The topological polar surface area (TPSA) is 47.9 Å². The molecule has 0 radical (unpaired) electrons. The number of hydrogen-bond donors (Lipinski definition) is 0. The zero-order valence-electron chi connectivity index (χ0n) is 10.5. The van der Waals surface area contributed by atoms with Gasteiger partial charge in [0.05, 0.1) is 14.2 Å². The molecule has 0 unspecified atom stereocenters. The number of ether oxygens (including phenoxy) is 2. The summed E-state index contributed by atoms with van der Waals surface area (Å²) in [6.07, 6.45) is 3.31. The highest BCUT2D eigenvalue weighted by Gasteiger charge is 2.49. The molecular formula is C13H14BrNO3. The van der Waals surface area contributed by atoms with Gasteiger partial charge in [0, 0.05) is 10.0 Å². The molecule has 4 nitrogen and oxygen atoms in total. The van der Waals surface area contributed by atoms with E-state index in [4.69, 9.17) is 9.47 Å². The smallest absolute Gasteiger partial charge is 0.235 e. The van der Waals surface area contributed by atoms with Gasteiger partial charge in [0.25, 0.3) is 0 Å². The summed E-state index contributed by atoms with van der Waals surface area (Å²) < 4.78 is 11.7. The average molecular weight is 312 g/mol. The molecule has 96 valence electrons. The van der Waals surface area contributed by atoms with Crippen LogP contribution in [0.2, 0.25) is 0 Å². The van der Waals surface area contributed by atoms with Crippen LogP contribution in [0.15, 0.2) is 15.5 Å². The van der Waals surface area contributed by atoms with Crippen LogP contribution in [0.3, 0.4) is 0 Å². The molecule has 0 aromatic heterocycles. The quantitative estimate of drug-likeness (QED) is 0.634. The summed E-state index contributed by atoms with van der Waals surface area (Å²) in [6.45, 7) is 1.97. The first-order valence-electron chi connectivity index (χ1n) is 5.60. The Bertz CT molecular complexity index is 532. The summed E-state index contributed by atoms with van der Waals surface area (Å²) >= 11 is 3.56. The standard InChI is InChI=1S/C13H14BrNO3/c1-8-6-9(17-2)12(18-3)10(11(8)14)13(4-5-13)15-7-16/h6H,4-5H2,1-3H3. The van der Waals surface area contributed by atoms with Gasteiger partial charge in [-0.1, -0.05) is 15.9 Å². The Labute approximate surface area is 114 Å². The highest BCUT2D eigenvalue weighted by atomic mass is 79.9. The van der Waals surface area contributed by atoms with Crippen molar-refractivity contribution in [1.29, 1.82) is 0 Å². The maximum absolute atomic E-state index is 10.6. The summed E-state index contributed by atoms with van der Waals surface area (Å²) in [5, 5.41) is 0.